The normalized spacial score (nSPS) is 14.4. The van der Waals surface area contributed by atoms with Gasteiger partial charge in [-0.15, -0.1) is 11.3 Å². The van der Waals surface area contributed by atoms with Crippen LogP contribution >= 0.6 is 11.3 Å². The Bertz CT molecular complexity index is 1110. The summed E-state index contributed by atoms with van der Waals surface area (Å²) in [6.07, 6.45) is 2.10. The third-order valence-corrected chi connectivity index (χ3v) is 7.24. The Balaban J connectivity index is 1.57. The smallest absolute Gasteiger partial charge is 0.263 e. The van der Waals surface area contributed by atoms with Crippen LogP contribution in [0.2, 0.25) is 0 Å². The number of hydrogen-bond donors (Lipinski definition) is 1. The molecule has 1 saturated heterocycles. The number of rotatable bonds is 5. The van der Waals surface area contributed by atoms with Gasteiger partial charge in [-0.1, -0.05) is 0 Å². The Morgan fingerprint density at radius 3 is 2.46 bits per heavy atom. The summed E-state index contributed by atoms with van der Waals surface area (Å²) in [4.78, 5) is 15.3. The molecule has 1 aliphatic heterocycles. The molecule has 3 aromatic rings. The fourth-order valence-corrected chi connectivity index (χ4v) is 5.32. The van der Waals surface area contributed by atoms with Crippen LogP contribution in [0.25, 0.3) is 10.1 Å². The second-order valence-electron chi connectivity index (χ2n) is 6.64. The van der Waals surface area contributed by atoms with Gasteiger partial charge in [0.1, 0.15) is 5.75 Å². The highest BCUT2D eigenvalue weighted by Crippen LogP contribution is 2.30. The first-order valence-electron chi connectivity index (χ1n) is 8.96. The lowest BCUT2D eigenvalue weighted by molar-refractivity contribution is 0.0797. The number of ether oxygens (including phenoxy) is 1. The highest BCUT2D eigenvalue weighted by Gasteiger charge is 2.21. The number of sulfonamides is 1. The van der Waals surface area contributed by atoms with Crippen LogP contribution < -0.4 is 9.46 Å². The fourth-order valence-electron chi connectivity index (χ4n) is 3.26. The second kappa shape index (κ2) is 7.44. The van der Waals surface area contributed by atoms with Gasteiger partial charge in [0.2, 0.25) is 0 Å². The number of anilines is 1. The Morgan fingerprint density at radius 1 is 1.07 bits per heavy atom. The number of nitrogens with zero attached hydrogens (tertiary/aromatic N) is 1. The molecule has 0 aliphatic carbocycles. The van der Waals surface area contributed by atoms with E-state index >= 15 is 0 Å². The Hall–Kier alpha value is -2.58. The number of carbonyl (C=O) groups excluding carboxylic acids is 1. The molecule has 0 saturated carbocycles. The SMILES string of the molecule is COc1ccc(S(=O)(=O)Nc2ccc3sc(C(=O)N4CCCC4)cc3c2)cc1. The third-order valence-electron chi connectivity index (χ3n) is 4.74. The number of carbonyl (C=O) groups is 1. The molecule has 0 unspecified atom stereocenters. The van der Waals surface area contributed by atoms with E-state index in [9.17, 15) is 13.2 Å². The summed E-state index contributed by atoms with van der Waals surface area (Å²) >= 11 is 1.44. The van der Waals surface area contributed by atoms with Crippen LogP contribution in [0.3, 0.4) is 0 Å². The van der Waals surface area contributed by atoms with Crippen molar-refractivity contribution in [2.45, 2.75) is 17.7 Å². The van der Waals surface area contributed by atoms with Crippen LogP contribution in [0.5, 0.6) is 5.75 Å². The number of nitrogens with one attached hydrogen (secondary N) is 1. The molecular weight excluding hydrogens is 396 g/mol. The number of fused-ring (bicyclic) bond motifs is 1. The van der Waals surface area contributed by atoms with Crippen molar-refractivity contribution in [1.82, 2.24) is 4.90 Å². The van der Waals surface area contributed by atoms with Crippen molar-refractivity contribution >= 4 is 43.0 Å². The van der Waals surface area contributed by atoms with Crippen molar-refractivity contribution < 1.29 is 17.9 Å². The summed E-state index contributed by atoms with van der Waals surface area (Å²) in [5.74, 6) is 0.646. The minimum Gasteiger partial charge on any atom is -0.497 e. The molecule has 0 spiro atoms. The first-order valence-corrected chi connectivity index (χ1v) is 11.3. The largest absolute Gasteiger partial charge is 0.497 e. The maximum atomic E-state index is 12.6. The lowest BCUT2D eigenvalue weighted by Gasteiger charge is -2.13. The van der Waals surface area contributed by atoms with Gasteiger partial charge in [-0.3, -0.25) is 9.52 Å². The van der Waals surface area contributed by atoms with Gasteiger partial charge < -0.3 is 9.64 Å². The Morgan fingerprint density at radius 2 is 1.79 bits per heavy atom. The molecular formula is C20H20N2O4S2. The van der Waals surface area contributed by atoms with Gasteiger partial charge in [0.15, 0.2) is 0 Å². The molecule has 2 aromatic carbocycles. The van der Waals surface area contributed by atoms with Crippen molar-refractivity contribution in [2.24, 2.45) is 0 Å². The molecule has 1 aliphatic rings. The van der Waals surface area contributed by atoms with E-state index in [1.165, 1.54) is 30.6 Å². The third kappa shape index (κ3) is 3.70. The van der Waals surface area contributed by atoms with E-state index in [-0.39, 0.29) is 10.8 Å². The molecule has 8 heteroatoms. The lowest BCUT2D eigenvalue weighted by Crippen LogP contribution is -2.26. The van der Waals surface area contributed by atoms with Gasteiger partial charge in [-0.2, -0.15) is 0 Å². The van der Waals surface area contributed by atoms with Crippen molar-refractivity contribution in [3.63, 3.8) is 0 Å². The predicted octanol–water partition coefficient (Wildman–Crippen LogP) is 3.95. The van der Waals surface area contributed by atoms with E-state index < -0.39 is 10.0 Å². The zero-order chi connectivity index (χ0) is 19.7. The van der Waals surface area contributed by atoms with E-state index in [1.807, 2.05) is 17.0 Å². The first-order chi connectivity index (χ1) is 13.5. The molecule has 28 heavy (non-hydrogen) atoms. The molecule has 4 rings (SSSR count). The molecule has 6 nitrogen and oxygen atoms in total. The van der Waals surface area contributed by atoms with Gasteiger partial charge in [0, 0.05) is 23.5 Å². The number of likely N-dealkylation sites (tertiary alicyclic amines) is 1. The van der Waals surface area contributed by atoms with Gasteiger partial charge in [0.05, 0.1) is 16.9 Å². The van der Waals surface area contributed by atoms with Crippen molar-refractivity contribution in [3.05, 3.63) is 53.4 Å². The van der Waals surface area contributed by atoms with Crippen LogP contribution in [0, 0.1) is 0 Å². The Kier molecular flexibility index (Phi) is 4.99. The van der Waals surface area contributed by atoms with Crippen molar-refractivity contribution in [1.29, 1.82) is 0 Å². The number of thiophene rings is 1. The van der Waals surface area contributed by atoms with Gasteiger partial charge in [-0.25, -0.2) is 8.42 Å². The zero-order valence-electron chi connectivity index (χ0n) is 15.3. The van der Waals surface area contributed by atoms with Crippen LogP contribution in [0.15, 0.2) is 53.4 Å². The number of methoxy groups -OCH3 is 1. The number of amides is 1. The number of benzene rings is 2. The zero-order valence-corrected chi connectivity index (χ0v) is 17.0. The summed E-state index contributed by atoms with van der Waals surface area (Å²) in [5.41, 5.74) is 0.460. The maximum absolute atomic E-state index is 12.6. The molecule has 0 atom stereocenters. The monoisotopic (exact) mass is 416 g/mol. The van der Waals surface area contributed by atoms with E-state index in [1.54, 1.807) is 24.3 Å². The van der Waals surface area contributed by atoms with Crippen LogP contribution in [0.1, 0.15) is 22.5 Å². The Labute approximate surface area is 167 Å². The molecule has 1 aromatic heterocycles. The summed E-state index contributed by atoms with van der Waals surface area (Å²) in [6, 6.07) is 13.4. The summed E-state index contributed by atoms with van der Waals surface area (Å²) in [5, 5.41) is 0.850. The molecule has 1 fully saturated rings. The molecule has 0 bridgehead atoms. The summed E-state index contributed by atoms with van der Waals surface area (Å²) < 4.78 is 33.8. The quantitative estimate of drug-likeness (QED) is 0.683. The van der Waals surface area contributed by atoms with Gasteiger partial charge >= 0.3 is 0 Å². The topological polar surface area (TPSA) is 75.7 Å². The van der Waals surface area contributed by atoms with E-state index in [0.29, 0.717) is 16.3 Å². The average Bonchev–Trinajstić information content (AvgIpc) is 3.36. The molecule has 2 heterocycles. The van der Waals surface area contributed by atoms with Gasteiger partial charge in [0.25, 0.3) is 15.9 Å². The second-order valence-corrected chi connectivity index (χ2v) is 9.41. The highest BCUT2D eigenvalue weighted by atomic mass is 32.2. The van der Waals surface area contributed by atoms with Gasteiger partial charge in [-0.05, 0) is 66.8 Å². The summed E-state index contributed by atoms with van der Waals surface area (Å²) in [7, 11) is -2.18. The van der Waals surface area contributed by atoms with Crippen LogP contribution in [0.4, 0.5) is 5.69 Å². The minimum absolute atomic E-state index is 0.0547. The van der Waals surface area contributed by atoms with E-state index in [0.717, 1.165) is 36.0 Å². The van der Waals surface area contributed by atoms with Crippen molar-refractivity contribution in [2.75, 3.05) is 24.9 Å². The minimum atomic E-state index is -3.71. The van der Waals surface area contributed by atoms with E-state index in [4.69, 9.17) is 4.74 Å². The molecule has 0 radical (unpaired) electrons. The standard InChI is InChI=1S/C20H20N2O4S2/c1-26-16-5-7-17(8-6-16)28(24,25)21-15-4-9-18-14(12-15)13-19(27-18)20(23)22-10-2-3-11-22/h4-9,12-13,21H,2-3,10-11H2,1H3. The molecule has 1 amide bonds. The van der Waals surface area contributed by atoms with Crippen LogP contribution in [-0.4, -0.2) is 39.4 Å². The maximum Gasteiger partial charge on any atom is 0.263 e. The van der Waals surface area contributed by atoms with Crippen LogP contribution in [-0.2, 0) is 10.0 Å². The molecule has 1 N–H and O–H groups in total. The van der Waals surface area contributed by atoms with E-state index in [2.05, 4.69) is 4.72 Å². The first kappa shape index (κ1) is 18.8. The predicted molar refractivity (Wildman–Crippen MR) is 111 cm³/mol. The summed E-state index contributed by atoms with van der Waals surface area (Å²) in [6.45, 7) is 1.61. The number of hydrogen-bond acceptors (Lipinski definition) is 5. The van der Waals surface area contributed by atoms with Crippen molar-refractivity contribution in [3.8, 4) is 5.75 Å². The average molecular weight is 417 g/mol. The lowest BCUT2D eigenvalue weighted by atomic mass is 10.2. The molecule has 146 valence electrons. The highest BCUT2D eigenvalue weighted by molar-refractivity contribution is 7.92. The fraction of sp³-hybridized carbons (Fsp3) is 0.250.